The van der Waals surface area contributed by atoms with E-state index in [1.807, 2.05) is 0 Å². The van der Waals surface area contributed by atoms with Gasteiger partial charge in [-0.25, -0.2) is 8.42 Å². The number of carbonyl (C=O) groups excluding carboxylic acids is 1. The number of nitrogens with one attached hydrogen (secondary N) is 2. The fourth-order valence-corrected chi connectivity index (χ4v) is 3.53. The van der Waals surface area contributed by atoms with E-state index in [1.54, 1.807) is 7.05 Å². The van der Waals surface area contributed by atoms with Gasteiger partial charge in [0.15, 0.2) is 4.90 Å². The summed E-state index contributed by atoms with van der Waals surface area (Å²) in [5, 5.41) is 16.3. The van der Waals surface area contributed by atoms with E-state index in [9.17, 15) is 23.3 Å². The second-order valence-electron chi connectivity index (χ2n) is 4.38. The number of hydrogen-bond donors (Lipinski definition) is 2. The van der Waals surface area contributed by atoms with E-state index in [4.69, 9.17) is 0 Å². The summed E-state index contributed by atoms with van der Waals surface area (Å²) in [6.45, 7) is -0.0767. The van der Waals surface area contributed by atoms with E-state index in [0.717, 1.165) is 10.4 Å². The zero-order valence-corrected chi connectivity index (χ0v) is 12.0. The molecule has 0 aliphatic carbocycles. The Morgan fingerprint density at radius 3 is 2.71 bits per heavy atom. The molecule has 10 heteroatoms. The van der Waals surface area contributed by atoms with E-state index in [0.29, 0.717) is 5.69 Å². The van der Waals surface area contributed by atoms with E-state index in [-0.39, 0.29) is 19.6 Å². The molecule has 0 atom stereocenters. The van der Waals surface area contributed by atoms with Crippen LogP contribution in [0.15, 0.2) is 23.1 Å². The highest BCUT2D eigenvalue weighted by Gasteiger charge is 2.34. The van der Waals surface area contributed by atoms with Crippen molar-refractivity contribution in [2.75, 3.05) is 32.0 Å². The Bertz CT molecular complexity index is 688. The highest BCUT2D eigenvalue weighted by molar-refractivity contribution is 7.89. The van der Waals surface area contributed by atoms with Gasteiger partial charge in [-0.05, 0) is 12.1 Å². The molecule has 0 spiro atoms. The van der Waals surface area contributed by atoms with Crippen LogP contribution in [0.2, 0.25) is 0 Å². The average Bonchev–Trinajstić information content (AvgIpc) is 2.46. The molecule has 1 aromatic carbocycles. The first kappa shape index (κ1) is 15.2. The van der Waals surface area contributed by atoms with E-state index in [1.165, 1.54) is 12.1 Å². The lowest BCUT2D eigenvalue weighted by Crippen LogP contribution is -2.49. The third kappa shape index (κ3) is 2.95. The molecule has 9 nitrogen and oxygen atoms in total. The molecule has 0 aromatic heterocycles. The van der Waals surface area contributed by atoms with Crippen molar-refractivity contribution in [1.82, 2.24) is 9.62 Å². The van der Waals surface area contributed by atoms with Crippen LogP contribution in [0.5, 0.6) is 0 Å². The fourth-order valence-electron chi connectivity index (χ4n) is 1.99. The van der Waals surface area contributed by atoms with Crippen molar-refractivity contribution >= 4 is 27.3 Å². The summed E-state index contributed by atoms with van der Waals surface area (Å²) in [7, 11) is -2.52. The van der Waals surface area contributed by atoms with Crippen LogP contribution in [0.1, 0.15) is 0 Å². The van der Waals surface area contributed by atoms with Crippen molar-refractivity contribution in [3.05, 3.63) is 28.3 Å². The first-order chi connectivity index (χ1) is 9.86. The smallest absolute Gasteiger partial charge is 0.291 e. The van der Waals surface area contributed by atoms with Gasteiger partial charge in [-0.3, -0.25) is 14.9 Å². The number of nitrogens with zero attached hydrogens (tertiary/aromatic N) is 2. The Hall–Kier alpha value is -2.20. The molecule has 114 valence electrons. The molecule has 2 rings (SSSR count). The summed E-state index contributed by atoms with van der Waals surface area (Å²) in [4.78, 5) is 21.2. The van der Waals surface area contributed by atoms with Crippen LogP contribution < -0.4 is 10.6 Å². The van der Waals surface area contributed by atoms with Crippen LogP contribution in [0, 0.1) is 10.1 Å². The maximum atomic E-state index is 12.5. The maximum Gasteiger partial charge on any atom is 0.291 e. The number of anilines is 1. The highest BCUT2D eigenvalue weighted by Crippen LogP contribution is 2.29. The van der Waals surface area contributed by atoms with Crippen molar-refractivity contribution < 1.29 is 18.1 Å². The monoisotopic (exact) mass is 314 g/mol. The van der Waals surface area contributed by atoms with E-state index in [2.05, 4.69) is 10.6 Å². The Labute approximate surface area is 121 Å². The quantitative estimate of drug-likeness (QED) is 0.584. The minimum Gasteiger partial charge on any atom is -0.388 e. The Kier molecular flexibility index (Phi) is 4.09. The molecule has 0 radical (unpaired) electrons. The molecule has 1 saturated heterocycles. The number of carbonyl (C=O) groups is 1. The van der Waals surface area contributed by atoms with Crippen LogP contribution in [0.4, 0.5) is 11.4 Å². The summed E-state index contributed by atoms with van der Waals surface area (Å²) in [5.74, 6) is -0.431. The number of sulfonamides is 1. The molecule has 1 aliphatic heterocycles. The van der Waals surface area contributed by atoms with Gasteiger partial charge in [-0.1, -0.05) is 0 Å². The van der Waals surface area contributed by atoms with Gasteiger partial charge in [0, 0.05) is 31.9 Å². The van der Waals surface area contributed by atoms with Crippen LogP contribution in [-0.4, -0.2) is 50.2 Å². The summed E-state index contributed by atoms with van der Waals surface area (Å²) in [6, 6.07) is 3.76. The van der Waals surface area contributed by atoms with Gasteiger partial charge >= 0.3 is 0 Å². The lowest BCUT2D eigenvalue weighted by molar-refractivity contribution is -0.387. The zero-order chi connectivity index (χ0) is 15.6. The number of benzene rings is 1. The lowest BCUT2D eigenvalue weighted by atomic mass is 10.3. The summed E-state index contributed by atoms with van der Waals surface area (Å²) < 4.78 is 25.9. The van der Waals surface area contributed by atoms with Crippen molar-refractivity contribution in [3.63, 3.8) is 0 Å². The molecule has 1 heterocycles. The second-order valence-corrected chi connectivity index (χ2v) is 6.28. The van der Waals surface area contributed by atoms with Crippen LogP contribution in [0.3, 0.4) is 0 Å². The van der Waals surface area contributed by atoms with Crippen molar-refractivity contribution in [2.24, 2.45) is 0 Å². The Morgan fingerprint density at radius 2 is 2.14 bits per heavy atom. The normalized spacial score (nSPS) is 16.3. The summed E-state index contributed by atoms with van der Waals surface area (Å²) >= 11 is 0. The number of hydrogen-bond acceptors (Lipinski definition) is 6. The molecular weight excluding hydrogens is 300 g/mol. The summed E-state index contributed by atoms with van der Waals surface area (Å²) in [6.07, 6.45) is 0. The van der Waals surface area contributed by atoms with Gasteiger partial charge in [0.1, 0.15) is 0 Å². The van der Waals surface area contributed by atoms with Crippen molar-refractivity contribution in [3.8, 4) is 0 Å². The second kappa shape index (κ2) is 5.66. The minimum absolute atomic E-state index is 0.0823. The predicted octanol–water partition coefficient (Wildman–Crippen LogP) is -0.243. The van der Waals surface area contributed by atoms with Gasteiger partial charge in [0.05, 0.1) is 11.5 Å². The third-order valence-electron chi connectivity index (χ3n) is 3.07. The molecule has 2 N–H and O–H groups in total. The van der Waals surface area contributed by atoms with Crippen LogP contribution in [-0.2, 0) is 14.8 Å². The molecule has 21 heavy (non-hydrogen) atoms. The molecule has 0 unspecified atom stereocenters. The lowest BCUT2D eigenvalue weighted by Gasteiger charge is -2.25. The first-order valence-corrected chi connectivity index (χ1v) is 7.53. The van der Waals surface area contributed by atoms with Crippen molar-refractivity contribution in [2.45, 2.75) is 4.90 Å². The maximum absolute atomic E-state index is 12.5. The van der Waals surface area contributed by atoms with Gasteiger partial charge < -0.3 is 10.6 Å². The van der Waals surface area contributed by atoms with Crippen LogP contribution >= 0.6 is 0 Å². The van der Waals surface area contributed by atoms with E-state index < -0.39 is 31.4 Å². The van der Waals surface area contributed by atoms with Crippen molar-refractivity contribution in [1.29, 1.82) is 0 Å². The first-order valence-electron chi connectivity index (χ1n) is 6.09. The third-order valence-corrected chi connectivity index (χ3v) is 4.96. The molecule has 0 saturated carbocycles. The highest BCUT2D eigenvalue weighted by atomic mass is 32.2. The van der Waals surface area contributed by atoms with Crippen LogP contribution in [0.25, 0.3) is 0 Å². The summed E-state index contributed by atoms with van der Waals surface area (Å²) in [5.41, 5.74) is -0.0927. The number of amides is 1. The Morgan fingerprint density at radius 1 is 1.43 bits per heavy atom. The molecule has 1 amide bonds. The van der Waals surface area contributed by atoms with Gasteiger partial charge in [-0.15, -0.1) is 0 Å². The topological polar surface area (TPSA) is 122 Å². The Balaban J connectivity index is 2.48. The standard InChI is InChI=1S/C11H14N4O5S/c1-12-8-2-3-10(9(6-8)15(17)18)21(19,20)14-5-4-13-11(16)7-14/h2-3,6,12H,4-5,7H2,1H3,(H,13,16). The minimum atomic E-state index is -4.09. The van der Waals surface area contributed by atoms with Gasteiger partial charge in [-0.2, -0.15) is 4.31 Å². The average molecular weight is 314 g/mol. The van der Waals surface area contributed by atoms with Gasteiger partial charge in [0.2, 0.25) is 15.9 Å². The molecule has 1 fully saturated rings. The number of piperazine rings is 1. The molecular formula is C11H14N4O5S. The molecule has 0 bridgehead atoms. The predicted molar refractivity (Wildman–Crippen MR) is 74.4 cm³/mol. The number of rotatable bonds is 4. The van der Waals surface area contributed by atoms with E-state index >= 15 is 0 Å². The van der Waals surface area contributed by atoms with Gasteiger partial charge in [0.25, 0.3) is 5.69 Å². The zero-order valence-electron chi connectivity index (χ0n) is 11.2. The molecule has 1 aliphatic rings. The fraction of sp³-hybridized carbons (Fsp3) is 0.364. The SMILES string of the molecule is CNc1ccc(S(=O)(=O)N2CCNC(=O)C2)c([N+](=O)[O-])c1. The number of nitro groups is 1. The largest absolute Gasteiger partial charge is 0.388 e. The number of nitro benzene ring substituents is 1. The molecule has 1 aromatic rings.